The lowest BCUT2D eigenvalue weighted by molar-refractivity contribution is -0.144. The molecule has 0 saturated carbocycles. The van der Waals surface area contributed by atoms with E-state index in [-0.39, 0.29) is 42.7 Å². The fourth-order valence-corrected chi connectivity index (χ4v) is 6.89. The number of carbonyl (C=O) groups is 2. The second-order valence-corrected chi connectivity index (χ2v) is 12.4. The van der Waals surface area contributed by atoms with Crippen molar-refractivity contribution in [3.63, 3.8) is 0 Å². The Morgan fingerprint density at radius 1 is 0.891 bits per heavy atom. The van der Waals surface area contributed by atoms with Crippen molar-refractivity contribution < 1.29 is 19.1 Å². The molecule has 1 saturated heterocycles. The molecule has 0 aromatic heterocycles. The number of methoxy groups -OCH3 is 1. The zero-order chi connectivity index (χ0) is 31.9. The molecule has 0 aliphatic carbocycles. The van der Waals surface area contributed by atoms with Crippen LogP contribution in [0.3, 0.4) is 0 Å². The molecule has 6 rings (SSSR count). The van der Waals surface area contributed by atoms with E-state index in [0.29, 0.717) is 6.61 Å². The molecular formula is C40H42N2O4. The minimum absolute atomic E-state index is 0.0185. The molecule has 3 atom stereocenters. The number of hydrogen-bond acceptors (Lipinski definition) is 6. The molecule has 2 aliphatic heterocycles. The smallest absolute Gasteiger partial charge is 0.306 e. The van der Waals surface area contributed by atoms with Gasteiger partial charge in [0, 0.05) is 36.9 Å². The molecular weight excluding hydrogens is 572 g/mol. The largest absolute Gasteiger partial charge is 0.469 e. The predicted molar refractivity (Wildman–Crippen MR) is 182 cm³/mol. The first-order valence-corrected chi connectivity index (χ1v) is 16.3. The molecule has 6 heteroatoms. The van der Waals surface area contributed by atoms with E-state index in [2.05, 4.69) is 36.5 Å². The van der Waals surface area contributed by atoms with Crippen LogP contribution in [0.15, 0.2) is 108 Å². The summed E-state index contributed by atoms with van der Waals surface area (Å²) in [5.74, 6) is -1.19. The normalized spacial score (nSPS) is 18.1. The number of ketones is 1. The number of ether oxygens (including phenoxy) is 2. The standard InChI is InChI=1S/C40H42N2O4/c1-27-12-11-19-35-33(27)23-36(42-35)37-26-46-32(25-41-37)21-20-28-13-9-10-18-31(28)22-38(43)34(24-39(44)45-2)40(29-14-5-3-6-15-29)30-16-7-4-8-17-30/h3-19,32,34,37,40-41H,20-26H2,1-2H3/t32-,34-,37+/m1/s1. The lowest BCUT2D eigenvalue weighted by Gasteiger charge is -2.31. The molecule has 236 valence electrons. The summed E-state index contributed by atoms with van der Waals surface area (Å²) in [6.07, 6.45) is 2.87. The van der Waals surface area contributed by atoms with Gasteiger partial charge in [-0.2, -0.15) is 0 Å². The van der Waals surface area contributed by atoms with E-state index in [9.17, 15) is 9.59 Å². The maximum Gasteiger partial charge on any atom is 0.306 e. The first kappa shape index (κ1) is 31.6. The maximum absolute atomic E-state index is 14.2. The molecule has 4 aromatic carbocycles. The Balaban J connectivity index is 1.12. The van der Waals surface area contributed by atoms with Gasteiger partial charge in [0.15, 0.2) is 0 Å². The molecule has 1 fully saturated rings. The quantitative estimate of drug-likeness (QED) is 0.179. The van der Waals surface area contributed by atoms with Crippen LogP contribution in [0.4, 0.5) is 5.69 Å². The van der Waals surface area contributed by atoms with Crippen molar-refractivity contribution in [2.75, 3.05) is 20.3 Å². The molecule has 2 heterocycles. The fraction of sp³-hybridized carbons (Fsp3) is 0.325. The third-order valence-corrected chi connectivity index (χ3v) is 9.47. The van der Waals surface area contributed by atoms with Gasteiger partial charge in [0.2, 0.25) is 0 Å². The number of morpholine rings is 1. The van der Waals surface area contributed by atoms with Gasteiger partial charge in [-0.25, -0.2) is 0 Å². The first-order chi connectivity index (χ1) is 22.5. The number of rotatable bonds is 12. The number of aryl methyl sites for hydroxylation is 2. The molecule has 4 aromatic rings. The van der Waals surface area contributed by atoms with Crippen LogP contribution in [0.2, 0.25) is 0 Å². The van der Waals surface area contributed by atoms with Gasteiger partial charge in [0.05, 0.1) is 38.0 Å². The summed E-state index contributed by atoms with van der Waals surface area (Å²) in [6, 6.07) is 34.6. The van der Waals surface area contributed by atoms with Crippen molar-refractivity contribution in [3.05, 3.63) is 137 Å². The molecule has 0 unspecified atom stereocenters. The van der Waals surface area contributed by atoms with Crippen LogP contribution in [0.5, 0.6) is 0 Å². The van der Waals surface area contributed by atoms with Crippen LogP contribution in [-0.4, -0.2) is 49.9 Å². The van der Waals surface area contributed by atoms with Crippen molar-refractivity contribution in [1.82, 2.24) is 5.32 Å². The number of hydrogen-bond donors (Lipinski definition) is 1. The lowest BCUT2D eigenvalue weighted by atomic mass is 9.75. The van der Waals surface area contributed by atoms with Gasteiger partial charge in [-0.15, -0.1) is 0 Å². The minimum atomic E-state index is -0.568. The van der Waals surface area contributed by atoms with E-state index in [1.54, 1.807) is 0 Å². The third kappa shape index (κ3) is 7.35. The molecule has 46 heavy (non-hydrogen) atoms. The zero-order valence-electron chi connectivity index (χ0n) is 26.7. The van der Waals surface area contributed by atoms with Crippen molar-refractivity contribution >= 4 is 23.2 Å². The van der Waals surface area contributed by atoms with Gasteiger partial charge in [-0.1, -0.05) is 97.1 Å². The second kappa shape index (κ2) is 14.8. The number of Topliss-reactive ketones (excluding diaryl/α,β-unsaturated/α-hetero) is 1. The highest BCUT2D eigenvalue weighted by molar-refractivity contribution is 5.98. The maximum atomic E-state index is 14.2. The molecule has 0 radical (unpaired) electrons. The molecule has 2 aliphatic rings. The van der Waals surface area contributed by atoms with Gasteiger partial charge >= 0.3 is 5.97 Å². The molecule has 0 bridgehead atoms. The van der Waals surface area contributed by atoms with Crippen LogP contribution in [0.25, 0.3) is 0 Å². The molecule has 6 nitrogen and oxygen atoms in total. The average Bonchev–Trinajstić information content (AvgIpc) is 3.54. The summed E-state index contributed by atoms with van der Waals surface area (Å²) < 4.78 is 11.4. The summed E-state index contributed by atoms with van der Waals surface area (Å²) >= 11 is 0. The number of nitrogens with zero attached hydrogens (tertiary/aromatic N) is 1. The average molecular weight is 615 g/mol. The van der Waals surface area contributed by atoms with Gasteiger partial charge in [-0.3, -0.25) is 14.6 Å². The number of aliphatic imine (C=N–C) groups is 1. The van der Waals surface area contributed by atoms with E-state index in [1.807, 2.05) is 78.9 Å². The van der Waals surface area contributed by atoms with Crippen molar-refractivity contribution in [2.45, 2.75) is 57.1 Å². The predicted octanol–water partition coefficient (Wildman–Crippen LogP) is 6.74. The topological polar surface area (TPSA) is 77.0 Å². The van der Waals surface area contributed by atoms with Gasteiger partial charge in [0.25, 0.3) is 0 Å². The highest BCUT2D eigenvalue weighted by Crippen LogP contribution is 2.36. The molecule has 1 N–H and O–H groups in total. The zero-order valence-corrected chi connectivity index (χ0v) is 26.7. The first-order valence-electron chi connectivity index (χ1n) is 16.3. The highest BCUT2D eigenvalue weighted by Gasteiger charge is 2.34. The van der Waals surface area contributed by atoms with E-state index in [0.717, 1.165) is 59.5 Å². The summed E-state index contributed by atoms with van der Waals surface area (Å²) in [5, 5.41) is 3.68. The number of fused-ring (bicyclic) bond motifs is 1. The fourth-order valence-electron chi connectivity index (χ4n) is 6.89. The Morgan fingerprint density at radius 3 is 2.20 bits per heavy atom. The SMILES string of the molecule is COC(=O)C[C@H](C(=O)Cc1ccccc1CC[C@@H]1CN[C@H](C2=Nc3cccc(C)c3C2)CO1)C(c1ccccc1)c1ccccc1. The Bertz CT molecular complexity index is 1640. The van der Waals surface area contributed by atoms with E-state index < -0.39 is 5.92 Å². The van der Waals surface area contributed by atoms with E-state index >= 15 is 0 Å². The highest BCUT2D eigenvalue weighted by atomic mass is 16.5. The third-order valence-electron chi connectivity index (χ3n) is 9.47. The summed E-state index contributed by atoms with van der Waals surface area (Å²) in [6.45, 7) is 3.51. The molecule has 0 amide bonds. The van der Waals surface area contributed by atoms with Crippen LogP contribution in [-0.2, 0) is 38.3 Å². The molecule has 0 spiro atoms. The van der Waals surface area contributed by atoms with Gasteiger partial charge < -0.3 is 14.8 Å². The van der Waals surface area contributed by atoms with Gasteiger partial charge in [0.1, 0.15) is 5.78 Å². The summed E-state index contributed by atoms with van der Waals surface area (Å²) in [7, 11) is 1.38. The summed E-state index contributed by atoms with van der Waals surface area (Å²) in [4.78, 5) is 31.8. The van der Waals surface area contributed by atoms with Gasteiger partial charge in [-0.05, 0) is 59.2 Å². The van der Waals surface area contributed by atoms with Crippen LogP contribution in [0.1, 0.15) is 52.1 Å². The van der Waals surface area contributed by atoms with Crippen molar-refractivity contribution in [1.29, 1.82) is 0 Å². The second-order valence-electron chi connectivity index (χ2n) is 12.4. The van der Waals surface area contributed by atoms with E-state index in [1.165, 1.54) is 18.2 Å². The Morgan fingerprint density at radius 2 is 1.57 bits per heavy atom. The number of carbonyl (C=O) groups excluding carboxylic acids is 2. The Kier molecular flexibility index (Phi) is 10.2. The van der Waals surface area contributed by atoms with Crippen LogP contribution >= 0.6 is 0 Å². The van der Waals surface area contributed by atoms with Crippen molar-refractivity contribution in [3.8, 4) is 0 Å². The lowest BCUT2D eigenvalue weighted by Crippen LogP contribution is -2.50. The Labute approximate surface area is 271 Å². The number of nitrogens with one attached hydrogen (secondary N) is 1. The monoisotopic (exact) mass is 614 g/mol. The summed E-state index contributed by atoms with van der Waals surface area (Å²) in [5.41, 5.74) is 8.99. The minimum Gasteiger partial charge on any atom is -0.469 e. The van der Waals surface area contributed by atoms with Crippen LogP contribution in [0, 0.1) is 12.8 Å². The van der Waals surface area contributed by atoms with E-state index in [4.69, 9.17) is 14.5 Å². The number of benzene rings is 4. The van der Waals surface area contributed by atoms with Crippen molar-refractivity contribution in [2.24, 2.45) is 10.9 Å². The van der Waals surface area contributed by atoms with Crippen LogP contribution < -0.4 is 5.32 Å². The number of esters is 1. The Hall–Kier alpha value is -4.39.